The van der Waals surface area contributed by atoms with Gasteiger partial charge in [-0.25, -0.2) is 0 Å². The first-order valence-electron chi connectivity index (χ1n) is 6.03. The first kappa shape index (κ1) is 15.9. The minimum absolute atomic E-state index is 0.122. The topological polar surface area (TPSA) is 103 Å². The summed E-state index contributed by atoms with van der Waals surface area (Å²) in [6.45, 7) is 0.0902. The maximum Gasteiger partial charge on any atom is 0.251 e. The Morgan fingerprint density at radius 3 is 2.30 bits per heavy atom. The quantitative estimate of drug-likeness (QED) is 0.472. The highest BCUT2D eigenvalue weighted by Crippen LogP contribution is 2.04. The van der Waals surface area contributed by atoms with Crippen molar-refractivity contribution in [2.24, 2.45) is 0 Å². The minimum Gasteiger partial charge on any atom is -0.399 e. The van der Waals surface area contributed by atoms with E-state index in [-0.39, 0.29) is 24.9 Å². The lowest BCUT2D eigenvalue weighted by atomic mass is 10.2. The second kappa shape index (κ2) is 8.13. The summed E-state index contributed by atoms with van der Waals surface area (Å²) in [5.74, 6) is -0.664. The van der Waals surface area contributed by atoms with E-state index >= 15 is 0 Å². The van der Waals surface area contributed by atoms with Gasteiger partial charge in [-0.05, 0) is 24.3 Å². The molecular formula is C13H19N3O4. The second-order valence-corrected chi connectivity index (χ2v) is 4.01. The van der Waals surface area contributed by atoms with E-state index in [4.69, 9.17) is 15.2 Å². The fourth-order valence-electron chi connectivity index (χ4n) is 1.42. The lowest BCUT2D eigenvalue weighted by Crippen LogP contribution is -2.40. The molecule has 4 N–H and O–H groups in total. The number of carbonyl (C=O) groups is 2. The van der Waals surface area contributed by atoms with Crippen molar-refractivity contribution >= 4 is 17.5 Å². The van der Waals surface area contributed by atoms with E-state index < -0.39 is 6.29 Å². The van der Waals surface area contributed by atoms with Crippen LogP contribution in [0.15, 0.2) is 24.3 Å². The van der Waals surface area contributed by atoms with Crippen LogP contribution in [0, 0.1) is 0 Å². The lowest BCUT2D eigenvalue weighted by Gasteiger charge is -2.14. The van der Waals surface area contributed by atoms with E-state index in [9.17, 15) is 9.59 Å². The standard InChI is InChI=1S/C13H19N3O4/c1-19-12(20-2)8-15-11(17)7-16-13(18)9-3-5-10(14)6-4-9/h3-6,12H,7-8,14H2,1-2H3,(H,15,17)(H,16,18). The molecule has 2 amide bonds. The van der Waals surface area contributed by atoms with Gasteiger partial charge in [0, 0.05) is 25.5 Å². The van der Waals surface area contributed by atoms with Crippen molar-refractivity contribution < 1.29 is 19.1 Å². The number of nitrogen functional groups attached to an aromatic ring is 1. The van der Waals surface area contributed by atoms with Crippen LogP contribution in [-0.4, -0.2) is 45.4 Å². The first-order valence-corrected chi connectivity index (χ1v) is 6.03. The van der Waals surface area contributed by atoms with Crippen LogP contribution in [-0.2, 0) is 14.3 Å². The number of carbonyl (C=O) groups excluding carboxylic acids is 2. The van der Waals surface area contributed by atoms with Crippen LogP contribution < -0.4 is 16.4 Å². The molecule has 0 aliphatic rings. The zero-order valence-corrected chi connectivity index (χ0v) is 11.5. The molecule has 0 radical (unpaired) electrons. The van der Waals surface area contributed by atoms with Gasteiger partial charge in [0.05, 0.1) is 13.1 Å². The van der Waals surface area contributed by atoms with Crippen LogP contribution >= 0.6 is 0 Å². The van der Waals surface area contributed by atoms with Gasteiger partial charge in [0.2, 0.25) is 5.91 Å². The van der Waals surface area contributed by atoms with Gasteiger partial charge in [-0.2, -0.15) is 0 Å². The van der Waals surface area contributed by atoms with E-state index in [1.165, 1.54) is 14.2 Å². The van der Waals surface area contributed by atoms with Gasteiger partial charge in [0.15, 0.2) is 6.29 Å². The Bertz CT molecular complexity index is 443. The summed E-state index contributed by atoms with van der Waals surface area (Å²) in [6.07, 6.45) is -0.508. The minimum atomic E-state index is -0.508. The normalized spacial score (nSPS) is 10.3. The molecule has 0 saturated heterocycles. The second-order valence-electron chi connectivity index (χ2n) is 4.01. The highest BCUT2D eigenvalue weighted by atomic mass is 16.7. The number of hydrogen-bond donors (Lipinski definition) is 3. The van der Waals surface area contributed by atoms with Crippen molar-refractivity contribution in [1.82, 2.24) is 10.6 Å². The van der Waals surface area contributed by atoms with Gasteiger partial charge in [-0.15, -0.1) is 0 Å². The smallest absolute Gasteiger partial charge is 0.251 e. The molecule has 0 spiro atoms. The van der Waals surface area contributed by atoms with E-state index in [0.717, 1.165) is 0 Å². The number of nitrogens with two attached hydrogens (primary N) is 1. The van der Waals surface area contributed by atoms with Crippen LogP contribution in [0.3, 0.4) is 0 Å². The molecule has 0 fully saturated rings. The third kappa shape index (κ3) is 5.25. The highest BCUT2D eigenvalue weighted by Gasteiger charge is 2.10. The molecule has 0 aliphatic heterocycles. The van der Waals surface area contributed by atoms with Gasteiger partial charge < -0.3 is 25.8 Å². The maximum atomic E-state index is 11.7. The Kier molecular flexibility index (Phi) is 6.48. The summed E-state index contributed by atoms with van der Waals surface area (Å²) >= 11 is 0. The number of anilines is 1. The number of benzene rings is 1. The Hall–Kier alpha value is -2.12. The summed E-state index contributed by atoms with van der Waals surface area (Å²) in [4.78, 5) is 23.2. The van der Waals surface area contributed by atoms with E-state index in [1.807, 2.05) is 0 Å². The SMILES string of the molecule is COC(CNC(=O)CNC(=O)c1ccc(N)cc1)OC. The Labute approximate surface area is 117 Å². The molecule has 1 rings (SSSR count). The van der Waals surface area contributed by atoms with Crippen LogP contribution in [0.2, 0.25) is 0 Å². The molecule has 0 atom stereocenters. The molecule has 0 aromatic heterocycles. The molecule has 20 heavy (non-hydrogen) atoms. The van der Waals surface area contributed by atoms with Gasteiger partial charge in [-0.3, -0.25) is 9.59 Å². The number of rotatable bonds is 7. The molecular weight excluding hydrogens is 262 g/mol. The van der Waals surface area contributed by atoms with E-state index in [1.54, 1.807) is 24.3 Å². The average Bonchev–Trinajstić information content (AvgIpc) is 2.46. The van der Waals surface area contributed by atoms with Crippen molar-refractivity contribution in [3.8, 4) is 0 Å². The fourth-order valence-corrected chi connectivity index (χ4v) is 1.42. The van der Waals surface area contributed by atoms with E-state index in [2.05, 4.69) is 10.6 Å². The number of ether oxygens (including phenoxy) is 2. The van der Waals surface area contributed by atoms with Gasteiger partial charge >= 0.3 is 0 Å². The molecule has 110 valence electrons. The molecule has 0 heterocycles. The summed E-state index contributed by atoms with van der Waals surface area (Å²) < 4.78 is 9.84. The molecule has 0 bridgehead atoms. The Morgan fingerprint density at radius 2 is 1.75 bits per heavy atom. The third-order valence-corrected chi connectivity index (χ3v) is 2.57. The predicted octanol–water partition coefficient (Wildman–Crippen LogP) is -0.266. The maximum absolute atomic E-state index is 11.7. The Morgan fingerprint density at radius 1 is 1.15 bits per heavy atom. The van der Waals surface area contributed by atoms with Gasteiger partial charge in [0.1, 0.15) is 0 Å². The molecule has 0 saturated carbocycles. The summed E-state index contributed by atoms with van der Waals surface area (Å²) in [6, 6.07) is 6.43. The van der Waals surface area contributed by atoms with Crippen molar-refractivity contribution in [3.63, 3.8) is 0 Å². The largest absolute Gasteiger partial charge is 0.399 e. The first-order chi connectivity index (χ1) is 9.56. The monoisotopic (exact) mass is 281 g/mol. The zero-order chi connectivity index (χ0) is 15.0. The molecule has 7 nitrogen and oxygen atoms in total. The van der Waals surface area contributed by atoms with Gasteiger partial charge in [-0.1, -0.05) is 0 Å². The van der Waals surface area contributed by atoms with Crippen LogP contribution in [0.5, 0.6) is 0 Å². The highest BCUT2D eigenvalue weighted by molar-refractivity contribution is 5.96. The number of methoxy groups -OCH3 is 2. The van der Waals surface area contributed by atoms with Gasteiger partial charge in [0.25, 0.3) is 5.91 Å². The Balaban J connectivity index is 2.33. The van der Waals surface area contributed by atoms with Crippen LogP contribution in [0.25, 0.3) is 0 Å². The molecule has 0 unspecified atom stereocenters. The molecule has 1 aromatic carbocycles. The average molecular weight is 281 g/mol. The molecule has 1 aromatic rings. The third-order valence-electron chi connectivity index (χ3n) is 2.57. The van der Waals surface area contributed by atoms with Crippen molar-refractivity contribution in [2.45, 2.75) is 6.29 Å². The lowest BCUT2D eigenvalue weighted by molar-refractivity contribution is -0.126. The number of hydrogen-bond acceptors (Lipinski definition) is 5. The van der Waals surface area contributed by atoms with Crippen molar-refractivity contribution in [3.05, 3.63) is 29.8 Å². The molecule has 7 heteroatoms. The van der Waals surface area contributed by atoms with Crippen molar-refractivity contribution in [1.29, 1.82) is 0 Å². The summed E-state index contributed by atoms with van der Waals surface area (Å²) in [7, 11) is 2.95. The van der Waals surface area contributed by atoms with Crippen LogP contribution in [0.1, 0.15) is 10.4 Å². The fraction of sp³-hybridized carbons (Fsp3) is 0.385. The summed E-state index contributed by atoms with van der Waals surface area (Å²) in [5.41, 5.74) is 6.54. The number of nitrogens with one attached hydrogen (secondary N) is 2. The van der Waals surface area contributed by atoms with Crippen molar-refractivity contribution in [2.75, 3.05) is 33.0 Å². The summed E-state index contributed by atoms with van der Waals surface area (Å²) in [5, 5.41) is 5.08. The van der Waals surface area contributed by atoms with E-state index in [0.29, 0.717) is 11.3 Å². The predicted molar refractivity (Wildman–Crippen MR) is 74.0 cm³/mol. The number of amides is 2. The zero-order valence-electron chi connectivity index (χ0n) is 11.5. The van der Waals surface area contributed by atoms with Crippen LogP contribution in [0.4, 0.5) is 5.69 Å². The molecule has 0 aliphatic carbocycles.